The maximum atomic E-state index is 11.5. The van der Waals surface area contributed by atoms with Crippen LogP contribution in [0.3, 0.4) is 0 Å². The van der Waals surface area contributed by atoms with Gasteiger partial charge in [0, 0.05) is 0 Å². The topological polar surface area (TPSA) is 99.8 Å². The Kier molecular flexibility index (Phi) is 3.92. The Morgan fingerprint density at radius 3 is 2.56 bits per heavy atom. The largest absolute Gasteiger partial charge is 0.480 e. The molecule has 1 aromatic heterocycles. The van der Waals surface area contributed by atoms with Gasteiger partial charge in [-0.3, -0.25) is 4.79 Å². The fourth-order valence-electron chi connectivity index (χ4n) is 1.06. The molecule has 16 heavy (non-hydrogen) atoms. The average molecular weight is 248 g/mol. The summed E-state index contributed by atoms with van der Waals surface area (Å²) in [6, 6.07) is -0.0861. The highest BCUT2D eigenvalue weighted by molar-refractivity contribution is 6.32. The first-order valence-corrected chi connectivity index (χ1v) is 4.76. The molecule has 0 spiro atoms. The van der Waals surface area contributed by atoms with Crippen molar-refractivity contribution in [3.05, 3.63) is 23.1 Å². The summed E-state index contributed by atoms with van der Waals surface area (Å²) in [5, 5.41) is 19.9. The number of carboxylic acids is 1. The quantitative estimate of drug-likeness (QED) is 0.719. The molecule has 7 heteroatoms. The number of carbonyl (C=O) groups is 2. The number of hydrogen-bond donors (Lipinski definition) is 3. The number of carbonyl (C=O) groups excluding carboxylic acids is 1. The average Bonchev–Trinajstić information content (AvgIpc) is 2.59. The lowest BCUT2D eigenvalue weighted by Crippen LogP contribution is -2.47. The number of furan rings is 1. The summed E-state index contributed by atoms with van der Waals surface area (Å²) in [6.45, 7) is 1.26. The van der Waals surface area contributed by atoms with Gasteiger partial charge < -0.3 is 19.9 Å². The fraction of sp³-hybridized carbons (Fsp3) is 0.333. The minimum absolute atomic E-state index is 0.0218. The normalized spacial score (nSPS) is 14.2. The molecular weight excluding hydrogens is 238 g/mol. The lowest BCUT2D eigenvalue weighted by Gasteiger charge is -2.16. The van der Waals surface area contributed by atoms with Crippen LogP contribution < -0.4 is 5.32 Å². The van der Waals surface area contributed by atoms with Crippen LogP contribution in [0.5, 0.6) is 0 Å². The number of amides is 1. The number of aliphatic hydroxyl groups is 1. The van der Waals surface area contributed by atoms with Gasteiger partial charge in [-0.25, -0.2) is 4.79 Å². The van der Waals surface area contributed by atoms with Crippen LogP contribution in [0.4, 0.5) is 0 Å². The van der Waals surface area contributed by atoms with Gasteiger partial charge in [-0.15, -0.1) is 0 Å². The van der Waals surface area contributed by atoms with Crippen molar-refractivity contribution in [2.75, 3.05) is 0 Å². The Hall–Kier alpha value is -1.53. The second-order valence-corrected chi connectivity index (χ2v) is 3.48. The van der Waals surface area contributed by atoms with Gasteiger partial charge in [0.25, 0.3) is 5.91 Å². The Bertz CT molecular complexity index is 400. The van der Waals surface area contributed by atoms with Crippen LogP contribution in [-0.4, -0.2) is 34.2 Å². The second-order valence-electron chi connectivity index (χ2n) is 3.14. The number of aliphatic carboxylic acids is 1. The fourth-order valence-corrected chi connectivity index (χ4v) is 1.26. The Morgan fingerprint density at radius 1 is 1.56 bits per heavy atom. The van der Waals surface area contributed by atoms with E-state index in [1.807, 2.05) is 0 Å². The van der Waals surface area contributed by atoms with E-state index in [0.717, 1.165) is 0 Å². The van der Waals surface area contributed by atoms with E-state index in [2.05, 4.69) is 9.73 Å². The minimum Gasteiger partial charge on any atom is -0.480 e. The Labute approximate surface area is 95.8 Å². The Balaban J connectivity index is 2.77. The molecule has 0 fully saturated rings. The first-order chi connectivity index (χ1) is 7.43. The van der Waals surface area contributed by atoms with Gasteiger partial charge in [-0.1, -0.05) is 0 Å². The maximum Gasteiger partial charge on any atom is 0.328 e. The predicted molar refractivity (Wildman–Crippen MR) is 54.3 cm³/mol. The van der Waals surface area contributed by atoms with Crippen LogP contribution in [-0.2, 0) is 4.79 Å². The van der Waals surface area contributed by atoms with Crippen molar-refractivity contribution in [3.8, 4) is 0 Å². The molecule has 0 aliphatic rings. The number of hydrogen-bond acceptors (Lipinski definition) is 4. The molecule has 1 amide bonds. The van der Waals surface area contributed by atoms with E-state index in [1.165, 1.54) is 19.3 Å². The van der Waals surface area contributed by atoms with E-state index in [9.17, 15) is 9.59 Å². The highest BCUT2D eigenvalue weighted by Crippen LogP contribution is 2.16. The molecule has 0 saturated heterocycles. The van der Waals surface area contributed by atoms with E-state index >= 15 is 0 Å². The van der Waals surface area contributed by atoms with Gasteiger partial charge >= 0.3 is 5.97 Å². The van der Waals surface area contributed by atoms with Crippen molar-refractivity contribution < 1.29 is 24.2 Å². The number of aliphatic hydroxyl groups excluding tert-OH is 1. The van der Waals surface area contributed by atoms with Crippen LogP contribution in [0.15, 0.2) is 16.7 Å². The maximum absolute atomic E-state index is 11.5. The highest BCUT2D eigenvalue weighted by atomic mass is 35.5. The molecule has 2 atom stereocenters. The van der Waals surface area contributed by atoms with Crippen LogP contribution in [0.2, 0.25) is 5.22 Å². The third kappa shape index (κ3) is 2.74. The lowest BCUT2D eigenvalue weighted by atomic mass is 10.1. The monoisotopic (exact) mass is 247 g/mol. The van der Waals surface area contributed by atoms with Crippen LogP contribution in [0, 0.1) is 0 Å². The minimum atomic E-state index is -1.39. The van der Waals surface area contributed by atoms with E-state index in [0.29, 0.717) is 0 Å². The second kappa shape index (κ2) is 5.00. The van der Waals surface area contributed by atoms with Crippen molar-refractivity contribution in [2.24, 2.45) is 0 Å². The molecule has 3 N–H and O–H groups in total. The molecular formula is C9H10ClNO5. The number of halogens is 1. The third-order valence-electron chi connectivity index (χ3n) is 1.90. The van der Waals surface area contributed by atoms with Crippen LogP contribution in [0.1, 0.15) is 17.3 Å². The molecule has 0 aliphatic heterocycles. The van der Waals surface area contributed by atoms with E-state index in [4.69, 9.17) is 21.8 Å². The molecule has 0 bridgehead atoms. The molecule has 0 saturated carbocycles. The van der Waals surface area contributed by atoms with Gasteiger partial charge in [0.15, 0.2) is 6.04 Å². The highest BCUT2D eigenvalue weighted by Gasteiger charge is 2.26. The van der Waals surface area contributed by atoms with Crippen molar-refractivity contribution in [1.82, 2.24) is 5.32 Å². The first kappa shape index (κ1) is 12.5. The summed E-state index contributed by atoms with van der Waals surface area (Å²) in [5.41, 5.74) is 0.0218. The van der Waals surface area contributed by atoms with E-state index in [-0.39, 0.29) is 10.8 Å². The zero-order chi connectivity index (χ0) is 12.3. The standard InChI is InChI=1S/C9H10ClNO5/c1-4(12)6(9(14)15)11-8(13)5-2-3-16-7(5)10/h2-4,6,12H,1H3,(H,11,13)(H,14,15). The summed E-state index contributed by atoms with van der Waals surface area (Å²) in [6.07, 6.45) is -0.0119. The molecule has 1 rings (SSSR count). The molecule has 1 heterocycles. The zero-order valence-electron chi connectivity index (χ0n) is 8.31. The summed E-state index contributed by atoms with van der Waals surface area (Å²) in [7, 11) is 0. The summed E-state index contributed by atoms with van der Waals surface area (Å²) < 4.78 is 4.68. The lowest BCUT2D eigenvalue weighted by molar-refractivity contribution is -0.141. The zero-order valence-corrected chi connectivity index (χ0v) is 9.06. The third-order valence-corrected chi connectivity index (χ3v) is 2.19. The Morgan fingerprint density at radius 2 is 2.19 bits per heavy atom. The van der Waals surface area contributed by atoms with Gasteiger partial charge in [0.1, 0.15) is 0 Å². The van der Waals surface area contributed by atoms with Gasteiger partial charge in [-0.2, -0.15) is 0 Å². The number of rotatable bonds is 4. The molecule has 88 valence electrons. The molecule has 0 aliphatic carbocycles. The van der Waals surface area contributed by atoms with Crippen molar-refractivity contribution in [1.29, 1.82) is 0 Å². The van der Waals surface area contributed by atoms with Crippen molar-refractivity contribution >= 4 is 23.5 Å². The van der Waals surface area contributed by atoms with Gasteiger partial charge in [0.05, 0.1) is 17.9 Å². The first-order valence-electron chi connectivity index (χ1n) is 4.38. The smallest absolute Gasteiger partial charge is 0.328 e. The SMILES string of the molecule is CC(O)C(NC(=O)c1ccoc1Cl)C(=O)O. The predicted octanol–water partition coefficient (Wildman–Crippen LogP) is 0.497. The van der Waals surface area contributed by atoms with E-state index in [1.54, 1.807) is 0 Å². The van der Waals surface area contributed by atoms with E-state index < -0.39 is 24.0 Å². The number of nitrogens with one attached hydrogen (secondary N) is 1. The van der Waals surface area contributed by atoms with Gasteiger partial charge in [-0.05, 0) is 24.6 Å². The van der Waals surface area contributed by atoms with Crippen LogP contribution >= 0.6 is 11.6 Å². The molecule has 0 radical (unpaired) electrons. The summed E-state index contributed by atoms with van der Waals surface area (Å²) in [5.74, 6) is -2.05. The summed E-state index contributed by atoms with van der Waals surface area (Å²) in [4.78, 5) is 22.2. The molecule has 6 nitrogen and oxygen atoms in total. The van der Waals surface area contributed by atoms with Crippen LogP contribution in [0.25, 0.3) is 0 Å². The van der Waals surface area contributed by atoms with Crippen molar-refractivity contribution in [2.45, 2.75) is 19.1 Å². The molecule has 2 unspecified atom stereocenters. The van der Waals surface area contributed by atoms with Crippen molar-refractivity contribution in [3.63, 3.8) is 0 Å². The molecule has 1 aromatic rings. The number of carboxylic acid groups (broad SMARTS) is 1. The summed E-state index contributed by atoms with van der Waals surface area (Å²) >= 11 is 5.54. The molecule has 0 aromatic carbocycles. The van der Waals surface area contributed by atoms with Gasteiger partial charge in [0.2, 0.25) is 5.22 Å².